The third-order valence-corrected chi connectivity index (χ3v) is 7.69. The van der Waals surface area contributed by atoms with Gasteiger partial charge < -0.3 is 0 Å². The minimum Gasteiger partial charge on any atom is -0.207 e. The van der Waals surface area contributed by atoms with Gasteiger partial charge in [0.25, 0.3) is 0 Å². The third kappa shape index (κ3) is 2.49. The quantitative estimate of drug-likeness (QED) is 0.843. The monoisotopic (exact) mass is 341 g/mol. The highest BCUT2D eigenvalue weighted by Crippen LogP contribution is 2.52. The third-order valence-electron chi connectivity index (χ3n) is 5.71. The highest BCUT2D eigenvalue weighted by molar-refractivity contribution is 7.89. The smallest absolute Gasteiger partial charge is 0.207 e. The maximum atomic E-state index is 13.3. The van der Waals surface area contributed by atoms with Gasteiger partial charge in [0.15, 0.2) is 0 Å². The van der Waals surface area contributed by atoms with Gasteiger partial charge in [-0.05, 0) is 56.2 Å². The van der Waals surface area contributed by atoms with Gasteiger partial charge in [0.1, 0.15) is 0 Å². The first-order valence-electron chi connectivity index (χ1n) is 8.66. The fraction of sp³-hybridized carbons (Fsp3) is 0.400. The Kier molecular flexibility index (Phi) is 3.77. The van der Waals surface area contributed by atoms with E-state index in [0.29, 0.717) is 17.4 Å². The molecular formula is C20H23NO2S. The number of hydrogen-bond acceptors (Lipinski definition) is 2. The largest absolute Gasteiger partial charge is 0.243 e. The summed E-state index contributed by atoms with van der Waals surface area (Å²) in [7, 11) is -3.43. The van der Waals surface area contributed by atoms with E-state index >= 15 is 0 Å². The van der Waals surface area contributed by atoms with Crippen LogP contribution in [0.5, 0.6) is 0 Å². The van der Waals surface area contributed by atoms with E-state index in [4.69, 9.17) is 0 Å². The molecule has 2 aromatic carbocycles. The first-order chi connectivity index (χ1) is 11.5. The summed E-state index contributed by atoms with van der Waals surface area (Å²) in [5.41, 5.74) is 2.17. The molecular weight excluding hydrogens is 318 g/mol. The van der Waals surface area contributed by atoms with Gasteiger partial charge in [-0.15, -0.1) is 0 Å². The topological polar surface area (TPSA) is 37.4 Å². The van der Waals surface area contributed by atoms with Gasteiger partial charge in [0.2, 0.25) is 10.0 Å². The number of hydrogen-bond donors (Lipinski definition) is 0. The van der Waals surface area contributed by atoms with Gasteiger partial charge in [0, 0.05) is 12.1 Å². The highest BCUT2D eigenvalue weighted by Gasteiger charge is 2.54. The molecule has 1 aliphatic carbocycles. The summed E-state index contributed by atoms with van der Waals surface area (Å²) in [6.45, 7) is 2.57. The van der Waals surface area contributed by atoms with Crippen molar-refractivity contribution in [2.75, 3.05) is 6.54 Å². The van der Waals surface area contributed by atoms with Crippen molar-refractivity contribution in [2.24, 2.45) is 0 Å². The van der Waals surface area contributed by atoms with E-state index < -0.39 is 10.0 Å². The molecule has 0 amide bonds. The Bertz CT molecular complexity index is 824. The van der Waals surface area contributed by atoms with E-state index in [1.165, 1.54) is 5.56 Å². The van der Waals surface area contributed by atoms with Crippen molar-refractivity contribution in [2.45, 2.75) is 49.0 Å². The van der Waals surface area contributed by atoms with E-state index in [1.807, 2.05) is 41.6 Å². The molecule has 2 fully saturated rings. The molecule has 3 nitrogen and oxygen atoms in total. The molecule has 1 heterocycles. The molecule has 1 aliphatic heterocycles. The Balaban J connectivity index is 1.69. The van der Waals surface area contributed by atoms with Gasteiger partial charge in [-0.1, -0.05) is 48.0 Å². The highest BCUT2D eigenvalue weighted by atomic mass is 32.2. The second-order valence-corrected chi connectivity index (χ2v) is 9.10. The molecule has 2 aliphatic rings. The minimum absolute atomic E-state index is 0.162. The lowest BCUT2D eigenvalue weighted by atomic mass is 9.73. The van der Waals surface area contributed by atoms with Gasteiger partial charge >= 0.3 is 0 Å². The Labute approximate surface area is 144 Å². The molecule has 0 N–H and O–H groups in total. The zero-order valence-corrected chi connectivity index (χ0v) is 14.8. The van der Waals surface area contributed by atoms with Crippen molar-refractivity contribution in [3.8, 4) is 0 Å². The first kappa shape index (κ1) is 15.9. The molecule has 0 aromatic heterocycles. The second-order valence-electron chi connectivity index (χ2n) is 7.24. The maximum Gasteiger partial charge on any atom is 0.243 e. The van der Waals surface area contributed by atoms with Crippen molar-refractivity contribution in [1.82, 2.24) is 4.31 Å². The zero-order valence-electron chi connectivity index (χ0n) is 14.0. The minimum atomic E-state index is -3.43. The van der Waals surface area contributed by atoms with Crippen LogP contribution in [0.25, 0.3) is 0 Å². The van der Waals surface area contributed by atoms with Gasteiger partial charge in [-0.3, -0.25) is 0 Å². The molecule has 1 saturated heterocycles. The summed E-state index contributed by atoms with van der Waals surface area (Å²) in [6.07, 6.45) is 4.05. The van der Waals surface area contributed by atoms with Crippen LogP contribution in [0.3, 0.4) is 0 Å². The normalized spacial score (nSPS) is 23.3. The van der Waals surface area contributed by atoms with Crippen molar-refractivity contribution < 1.29 is 8.42 Å². The van der Waals surface area contributed by atoms with Crippen LogP contribution in [0.15, 0.2) is 59.5 Å². The van der Waals surface area contributed by atoms with E-state index in [1.54, 1.807) is 12.1 Å². The SMILES string of the molecule is Cc1ccc(S(=O)(=O)N2CC(c3ccccc3)CC23CCC3)cc1. The number of aryl methyl sites for hydroxylation is 1. The standard InChI is InChI=1S/C20H23NO2S/c1-16-8-10-19(11-9-16)24(22,23)21-15-18(14-20(21)12-5-13-20)17-6-3-2-4-7-17/h2-4,6-11,18H,5,12-15H2,1H3. The first-order valence-corrected chi connectivity index (χ1v) is 10.1. The molecule has 1 atom stereocenters. The molecule has 0 bridgehead atoms. The molecule has 1 saturated carbocycles. The predicted molar refractivity (Wildman–Crippen MR) is 95.5 cm³/mol. The van der Waals surface area contributed by atoms with Crippen molar-refractivity contribution in [3.63, 3.8) is 0 Å². The Morgan fingerprint density at radius 2 is 1.67 bits per heavy atom. The van der Waals surface area contributed by atoms with Crippen LogP contribution in [0.2, 0.25) is 0 Å². The van der Waals surface area contributed by atoms with Gasteiger partial charge in [0.05, 0.1) is 4.90 Å². The van der Waals surface area contributed by atoms with E-state index in [2.05, 4.69) is 12.1 Å². The lowest BCUT2D eigenvalue weighted by Gasteiger charge is -2.44. The van der Waals surface area contributed by atoms with Crippen LogP contribution in [0.1, 0.15) is 42.7 Å². The fourth-order valence-corrected chi connectivity index (χ4v) is 6.07. The van der Waals surface area contributed by atoms with Crippen LogP contribution in [-0.4, -0.2) is 24.8 Å². The number of nitrogens with zero attached hydrogens (tertiary/aromatic N) is 1. The van der Waals surface area contributed by atoms with Crippen LogP contribution >= 0.6 is 0 Å². The van der Waals surface area contributed by atoms with Gasteiger partial charge in [-0.2, -0.15) is 4.31 Å². The lowest BCUT2D eigenvalue weighted by Crippen LogP contribution is -2.51. The van der Waals surface area contributed by atoms with E-state index in [9.17, 15) is 8.42 Å². The summed E-state index contributed by atoms with van der Waals surface area (Å²) in [6, 6.07) is 17.6. The van der Waals surface area contributed by atoms with Crippen molar-refractivity contribution in [3.05, 3.63) is 65.7 Å². The summed E-state index contributed by atoms with van der Waals surface area (Å²) < 4.78 is 28.3. The molecule has 1 unspecified atom stereocenters. The fourth-order valence-electron chi connectivity index (χ4n) is 4.20. The summed E-state index contributed by atoms with van der Waals surface area (Å²) in [4.78, 5) is 0.424. The summed E-state index contributed by atoms with van der Waals surface area (Å²) in [5, 5.41) is 0. The summed E-state index contributed by atoms with van der Waals surface area (Å²) >= 11 is 0. The molecule has 24 heavy (non-hydrogen) atoms. The molecule has 126 valence electrons. The molecule has 2 aromatic rings. The van der Waals surface area contributed by atoms with Crippen molar-refractivity contribution in [1.29, 1.82) is 0 Å². The predicted octanol–water partition coefficient (Wildman–Crippen LogP) is 4.10. The Hall–Kier alpha value is -1.65. The number of rotatable bonds is 3. The molecule has 4 rings (SSSR count). The number of sulfonamides is 1. The molecule has 4 heteroatoms. The van der Waals surface area contributed by atoms with E-state index in [-0.39, 0.29) is 5.54 Å². The Morgan fingerprint density at radius 1 is 1.00 bits per heavy atom. The van der Waals surface area contributed by atoms with Crippen molar-refractivity contribution >= 4 is 10.0 Å². The Morgan fingerprint density at radius 3 is 2.25 bits per heavy atom. The van der Waals surface area contributed by atoms with Crippen LogP contribution in [-0.2, 0) is 10.0 Å². The van der Waals surface area contributed by atoms with Gasteiger partial charge in [-0.25, -0.2) is 8.42 Å². The molecule has 0 radical (unpaired) electrons. The van der Waals surface area contributed by atoms with Crippen LogP contribution < -0.4 is 0 Å². The maximum absolute atomic E-state index is 13.3. The second kappa shape index (κ2) is 5.71. The average molecular weight is 341 g/mol. The van der Waals surface area contributed by atoms with E-state index in [0.717, 1.165) is 31.2 Å². The molecule has 1 spiro atoms. The average Bonchev–Trinajstić information content (AvgIpc) is 2.98. The van der Waals surface area contributed by atoms with Crippen LogP contribution in [0, 0.1) is 6.92 Å². The van der Waals surface area contributed by atoms with Crippen LogP contribution in [0.4, 0.5) is 0 Å². The zero-order chi connectivity index (χ0) is 16.8. The summed E-state index contributed by atoms with van der Waals surface area (Å²) in [5.74, 6) is 0.298. The number of benzene rings is 2. The lowest BCUT2D eigenvalue weighted by molar-refractivity contribution is 0.127.